The first-order chi connectivity index (χ1) is 7.58. The molecule has 4 N–H and O–H groups in total. The molecular formula is C12H12Cl4N2. The van der Waals surface area contributed by atoms with Gasteiger partial charge in [-0.2, -0.15) is 0 Å². The van der Waals surface area contributed by atoms with Crippen LogP contribution >= 0.6 is 48.0 Å². The van der Waals surface area contributed by atoms with Crippen molar-refractivity contribution in [2.24, 2.45) is 0 Å². The minimum absolute atomic E-state index is 0. The average molecular weight is 326 g/mol. The van der Waals surface area contributed by atoms with Gasteiger partial charge in [0.05, 0.1) is 10.0 Å². The molecule has 0 aliphatic heterocycles. The standard InChI is InChI=1S/C12H10Cl2N2.2ClH/c13-10-5-9(16)6-11(14)12(10)7-1-3-8(15)4-2-7;;/h1-6H,15-16H2;2*1H. The molecule has 6 heteroatoms. The number of rotatable bonds is 1. The molecule has 98 valence electrons. The minimum atomic E-state index is 0. The highest BCUT2D eigenvalue weighted by Gasteiger charge is 2.09. The monoisotopic (exact) mass is 324 g/mol. The molecule has 2 aromatic carbocycles. The third-order valence-electron chi connectivity index (χ3n) is 2.26. The van der Waals surface area contributed by atoms with Crippen LogP contribution in [-0.2, 0) is 0 Å². The normalized spacial score (nSPS) is 9.22. The van der Waals surface area contributed by atoms with E-state index in [2.05, 4.69) is 0 Å². The van der Waals surface area contributed by atoms with E-state index in [1.807, 2.05) is 12.1 Å². The van der Waals surface area contributed by atoms with Crippen LogP contribution in [0.3, 0.4) is 0 Å². The molecule has 0 aliphatic carbocycles. The number of hydrogen-bond donors (Lipinski definition) is 2. The van der Waals surface area contributed by atoms with E-state index in [1.54, 1.807) is 24.3 Å². The quantitative estimate of drug-likeness (QED) is 0.749. The predicted molar refractivity (Wildman–Crippen MR) is 85.2 cm³/mol. The van der Waals surface area contributed by atoms with Crippen LogP contribution in [0.5, 0.6) is 0 Å². The summed E-state index contributed by atoms with van der Waals surface area (Å²) in [6.07, 6.45) is 0. The Hall–Kier alpha value is -0.800. The van der Waals surface area contributed by atoms with Gasteiger partial charge in [-0.15, -0.1) is 24.8 Å². The maximum absolute atomic E-state index is 6.11. The van der Waals surface area contributed by atoms with Crippen LogP contribution in [0.1, 0.15) is 0 Å². The fourth-order valence-electron chi connectivity index (χ4n) is 1.52. The summed E-state index contributed by atoms with van der Waals surface area (Å²) in [6.45, 7) is 0. The number of hydrogen-bond acceptors (Lipinski definition) is 2. The Kier molecular flexibility index (Phi) is 6.64. The molecule has 0 radical (unpaired) electrons. The molecule has 2 aromatic rings. The van der Waals surface area contributed by atoms with Crippen molar-refractivity contribution in [1.29, 1.82) is 0 Å². The topological polar surface area (TPSA) is 52.0 Å². The van der Waals surface area contributed by atoms with Crippen LogP contribution in [0.4, 0.5) is 11.4 Å². The second-order valence-corrected chi connectivity index (χ2v) is 4.30. The lowest BCUT2D eigenvalue weighted by molar-refractivity contribution is 1.60. The molecule has 0 fully saturated rings. The largest absolute Gasteiger partial charge is 0.399 e. The van der Waals surface area contributed by atoms with Crippen molar-refractivity contribution in [1.82, 2.24) is 0 Å². The van der Waals surface area contributed by atoms with Crippen LogP contribution in [0.2, 0.25) is 10.0 Å². The molecule has 0 atom stereocenters. The SMILES string of the molecule is Cl.Cl.Nc1ccc(-c2c(Cl)cc(N)cc2Cl)cc1. The van der Waals surface area contributed by atoms with Gasteiger partial charge in [0, 0.05) is 16.9 Å². The van der Waals surface area contributed by atoms with Crippen LogP contribution in [0, 0.1) is 0 Å². The summed E-state index contributed by atoms with van der Waals surface area (Å²) in [5, 5.41) is 1.07. The number of halogens is 4. The Bertz CT molecular complexity index is 503. The van der Waals surface area contributed by atoms with Gasteiger partial charge in [-0.1, -0.05) is 35.3 Å². The highest BCUT2D eigenvalue weighted by Crippen LogP contribution is 2.36. The summed E-state index contributed by atoms with van der Waals surface area (Å²) in [7, 11) is 0. The lowest BCUT2D eigenvalue weighted by Gasteiger charge is -2.08. The zero-order valence-electron chi connectivity index (χ0n) is 9.19. The third kappa shape index (κ3) is 3.59. The van der Waals surface area contributed by atoms with Gasteiger partial charge >= 0.3 is 0 Å². The second-order valence-electron chi connectivity index (χ2n) is 3.48. The van der Waals surface area contributed by atoms with E-state index in [9.17, 15) is 0 Å². The lowest BCUT2D eigenvalue weighted by atomic mass is 10.0. The van der Waals surface area contributed by atoms with Crippen molar-refractivity contribution in [3.05, 3.63) is 46.4 Å². The molecule has 0 aromatic heterocycles. The van der Waals surface area contributed by atoms with Gasteiger partial charge in [-0.05, 0) is 29.8 Å². The average Bonchev–Trinajstić information content (AvgIpc) is 2.19. The van der Waals surface area contributed by atoms with Gasteiger partial charge in [0.2, 0.25) is 0 Å². The number of nitrogens with two attached hydrogens (primary N) is 2. The summed E-state index contributed by atoms with van der Waals surface area (Å²) in [5.74, 6) is 0. The van der Waals surface area contributed by atoms with E-state index in [0.29, 0.717) is 21.4 Å². The van der Waals surface area contributed by atoms with Gasteiger partial charge in [-0.3, -0.25) is 0 Å². The van der Waals surface area contributed by atoms with Gasteiger partial charge in [-0.25, -0.2) is 0 Å². The number of benzene rings is 2. The molecule has 2 rings (SSSR count). The van der Waals surface area contributed by atoms with Crippen molar-refractivity contribution in [2.75, 3.05) is 11.5 Å². The molecule has 0 saturated carbocycles. The molecule has 2 nitrogen and oxygen atoms in total. The Morgan fingerprint density at radius 2 is 1.17 bits per heavy atom. The van der Waals surface area contributed by atoms with Crippen molar-refractivity contribution in [3.8, 4) is 11.1 Å². The lowest BCUT2D eigenvalue weighted by Crippen LogP contribution is -1.89. The first-order valence-electron chi connectivity index (χ1n) is 4.68. The third-order valence-corrected chi connectivity index (χ3v) is 2.86. The van der Waals surface area contributed by atoms with Gasteiger partial charge < -0.3 is 11.5 Å². The van der Waals surface area contributed by atoms with E-state index in [4.69, 9.17) is 34.7 Å². The van der Waals surface area contributed by atoms with Gasteiger partial charge in [0.25, 0.3) is 0 Å². The molecule has 0 bridgehead atoms. The molecule has 0 saturated heterocycles. The molecule has 0 unspecified atom stereocenters. The molecule has 18 heavy (non-hydrogen) atoms. The van der Waals surface area contributed by atoms with E-state index in [1.165, 1.54) is 0 Å². The smallest absolute Gasteiger partial charge is 0.0519 e. The Morgan fingerprint density at radius 3 is 1.61 bits per heavy atom. The predicted octanol–water partition coefficient (Wildman–Crippen LogP) is 4.67. The molecular weight excluding hydrogens is 314 g/mol. The van der Waals surface area contributed by atoms with E-state index in [0.717, 1.165) is 11.1 Å². The highest BCUT2D eigenvalue weighted by atomic mass is 35.5. The van der Waals surface area contributed by atoms with Crippen molar-refractivity contribution in [2.45, 2.75) is 0 Å². The van der Waals surface area contributed by atoms with Crippen LogP contribution < -0.4 is 11.5 Å². The summed E-state index contributed by atoms with van der Waals surface area (Å²) in [6, 6.07) is 10.7. The second kappa shape index (κ2) is 6.95. The zero-order valence-corrected chi connectivity index (χ0v) is 12.3. The van der Waals surface area contributed by atoms with E-state index in [-0.39, 0.29) is 24.8 Å². The summed E-state index contributed by atoms with van der Waals surface area (Å²) < 4.78 is 0. The van der Waals surface area contributed by atoms with Crippen LogP contribution in [0.25, 0.3) is 11.1 Å². The van der Waals surface area contributed by atoms with E-state index >= 15 is 0 Å². The first-order valence-corrected chi connectivity index (χ1v) is 5.44. The van der Waals surface area contributed by atoms with Gasteiger partial charge in [0.1, 0.15) is 0 Å². The Morgan fingerprint density at radius 1 is 0.722 bits per heavy atom. The first kappa shape index (κ1) is 17.2. The molecule has 0 amide bonds. The van der Waals surface area contributed by atoms with E-state index < -0.39 is 0 Å². The minimum Gasteiger partial charge on any atom is -0.399 e. The van der Waals surface area contributed by atoms with Crippen molar-refractivity contribution >= 4 is 59.4 Å². The molecule has 0 spiro atoms. The summed E-state index contributed by atoms with van der Waals surface area (Å²) in [4.78, 5) is 0. The maximum Gasteiger partial charge on any atom is 0.0519 e. The molecule has 0 aliphatic rings. The number of nitrogen functional groups attached to an aromatic ring is 2. The zero-order chi connectivity index (χ0) is 11.7. The Labute approximate surface area is 128 Å². The molecule has 0 heterocycles. The fraction of sp³-hybridized carbons (Fsp3) is 0. The van der Waals surface area contributed by atoms with Gasteiger partial charge in [0.15, 0.2) is 0 Å². The maximum atomic E-state index is 6.11. The van der Waals surface area contributed by atoms with Crippen molar-refractivity contribution < 1.29 is 0 Å². The van der Waals surface area contributed by atoms with Crippen molar-refractivity contribution in [3.63, 3.8) is 0 Å². The van der Waals surface area contributed by atoms with Crippen LogP contribution in [0.15, 0.2) is 36.4 Å². The summed E-state index contributed by atoms with van der Waals surface area (Å²) >= 11 is 12.2. The Balaban J connectivity index is 0.00000144. The van der Waals surface area contributed by atoms with Crippen LogP contribution in [-0.4, -0.2) is 0 Å². The summed E-state index contributed by atoms with van der Waals surface area (Å²) in [5.41, 5.74) is 14.2. The highest BCUT2D eigenvalue weighted by molar-refractivity contribution is 6.39. The number of anilines is 2. The fourth-order valence-corrected chi connectivity index (χ4v) is 2.24.